The number of thioether (sulfide) groups is 1. The molecule has 0 saturated heterocycles. The van der Waals surface area contributed by atoms with Crippen LogP contribution >= 0.6 is 11.8 Å². The highest BCUT2D eigenvalue weighted by molar-refractivity contribution is 7.98. The van der Waals surface area contributed by atoms with E-state index in [-0.39, 0.29) is 6.61 Å². The normalized spacial score (nSPS) is 10.0. The summed E-state index contributed by atoms with van der Waals surface area (Å²) in [6.07, 6.45) is 3.41. The molecule has 0 aliphatic carbocycles. The monoisotopic (exact) mass is 332 g/mol. The van der Waals surface area contributed by atoms with Gasteiger partial charge in [0, 0.05) is 11.9 Å². The van der Waals surface area contributed by atoms with Crippen molar-refractivity contribution in [3.8, 4) is 5.75 Å². The van der Waals surface area contributed by atoms with Crippen LogP contribution in [-0.4, -0.2) is 36.8 Å². The Balaban J connectivity index is 1.89. The van der Waals surface area contributed by atoms with E-state index in [0.29, 0.717) is 22.0 Å². The number of carbonyl (C=O) groups is 2. The maximum atomic E-state index is 12.0. The largest absolute Gasteiger partial charge is 0.497 e. The summed E-state index contributed by atoms with van der Waals surface area (Å²) in [7, 11) is 1.56. The van der Waals surface area contributed by atoms with Crippen LogP contribution in [0.15, 0.2) is 47.6 Å². The number of amides is 1. The van der Waals surface area contributed by atoms with E-state index in [9.17, 15) is 9.59 Å². The van der Waals surface area contributed by atoms with Gasteiger partial charge in [-0.25, -0.2) is 9.78 Å². The SMILES string of the molecule is COc1ccc(NC(=O)COC(=O)c2cccnc2SC)cc1. The molecule has 2 aromatic rings. The second-order valence-electron chi connectivity index (χ2n) is 4.41. The number of carbonyl (C=O) groups excluding carboxylic acids is 2. The Morgan fingerprint density at radius 3 is 2.61 bits per heavy atom. The Bertz CT molecular complexity index is 689. The summed E-state index contributed by atoms with van der Waals surface area (Å²) in [5.74, 6) is -0.305. The van der Waals surface area contributed by atoms with Crippen LogP contribution in [0.5, 0.6) is 5.75 Å². The van der Waals surface area contributed by atoms with E-state index in [4.69, 9.17) is 9.47 Å². The molecule has 1 aromatic carbocycles. The standard InChI is InChI=1S/C16H16N2O4S/c1-21-12-7-5-11(6-8-12)18-14(19)10-22-16(20)13-4-3-9-17-15(13)23-2/h3-9H,10H2,1-2H3,(H,18,19). The van der Waals surface area contributed by atoms with Gasteiger partial charge in [-0.05, 0) is 42.7 Å². The molecule has 0 spiro atoms. The van der Waals surface area contributed by atoms with E-state index in [1.165, 1.54) is 11.8 Å². The molecular formula is C16H16N2O4S. The summed E-state index contributed by atoms with van der Waals surface area (Å²) in [6.45, 7) is -0.367. The summed E-state index contributed by atoms with van der Waals surface area (Å²) in [5.41, 5.74) is 0.940. The lowest BCUT2D eigenvalue weighted by Crippen LogP contribution is -2.21. The van der Waals surface area contributed by atoms with Gasteiger partial charge in [0.2, 0.25) is 0 Å². The fourth-order valence-corrected chi connectivity index (χ4v) is 2.33. The van der Waals surface area contributed by atoms with Crippen LogP contribution in [0.3, 0.4) is 0 Å². The predicted molar refractivity (Wildman–Crippen MR) is 87.9 cm³/mol. The van der Waals surface area contributed by atoms with Gasteiger partial charge in [0.05, 0.1) is 12.7 Å². The predicted octanol–water partition coefficient (Wildman–Crippen LogP) is 2.61. The van der Waals surface area contributed by atoms with Gasteiger partial charge in [-0.15, -0.1) is 11.8 Å². The van der Waals surface area contributed by atoms with Crippen molar-refractivity contribution in [2.45, 2.75) is 5.03 Å². The molecule has 1 amide bonds. The smallest absolute Gasteiger partial charge is 0.341 e. The van der Waals surface area contributed by atoms with Crippen LogP contribution in [-0.2, 0) is 9.53 Å². The van der Waals surface area contributed by atoms with Gasteiger partial charge in [0.15, 0.2) is 6.61 Å². The number of pyridine rings is 1. The van der Waals surface area contributed by atoms with Gasteiger partial charge in [0.25, 0.3) is 5.91 Å². The zero-order valence-electron chi connectivity index (χ0n) is 12.7. The van der Waals surface area contributed by atoms with Crippen molar-refractivity contribution in [2.75, 3.05) is 25.3 Å². The van der Waals surface area contributed by atoms with Crippen molar-refractivity contribution in [3.05, 3.63) is 48.2 Å². The Kier molecular flexibility index (Phi) is 5.99. The lowest BCUT2D eigenvalue weighted by Gasteiger charge is -2.08. The van der Waals surface area contributed by atoms with Crippen LogP contribution in [0.2, 0.25) is 0 Å². The number of hydrogen-bond acceptors (Lipinski definition) is 6. The fraction of sp³-hybridized carbons (Fsp3) is 0.188. The maximum Gasteiger partial charge on any atom is 0.341 e. The van der Waals surface area contributed by atoms with Crippen LogP contribution in [0, 0.1) is 0 Å². The topological polar surface area (TPSA) is 77.5 Å². The molecule has 0 atom stereocenters. The Hall–Kier alpha value is -2.54. The highest BCUT2D eigenvalue weighted by atomic mass is 32.2. The average Bonchev–Trinajstić information content (AvgIpc) is 2.60. The van der Waals surface area contributed by atoms with Gasteiger partial charge in [-0.3, -0.25) is 4.79 Å². The van der Waals surface area contributed by atoms with Gasteiger partial charge < -0.3 is 14.8 Å². The van der Waals surface area contributed by atoms with Gasteiger partial charge in [-0.2, -0.15) is 0 Å². The second kappa shape index (κ2) is 8.19. The number of ether oxygens (including phenoxy) is 2. The molecule has 0 fully saturated rings. The number of esters is 1. The van der Waals surface area contributed by atoms with Crippen molar-refractivity contribution < 1.29 is 19.1 Å². The van der Waals surface area contributed by atoms with Crippen molar-refractivity contribution >= 4 is 29.3 Å². The number of anilines is 1. The van der Waals surface area contributed by atoms with Crippen molar-refractivity contribution in [3.63, 3.8) is 0 Å². The van der Waals surface area contributed by atoms with Crippen molar-refractivity contribution in [2.24, 2.45) is 0 Å². The third-order valence-corrected chi connectivity index (χ3v) is 3.60. The van der Waals surface area contributed by atoms with Crippen LogP contribution in [0.4, 0.5) is 5.69 Å². The summed E-state index contributed by atoms with van der Waals surface area (Å²) in [5, 5.41) is 3.20. The first kappa shape index (κ1) is 16.8. The molecule has 23 heavy (non-hydrogen) atoms. The lowest BCUT2D eigenvalue weighted by molar-refractivity contribution is -0.119. The average molecular weight is 332 g/mol. The van der Waals surface area contributed by atoms with Crippen LogP contribution in [0.1, 0.15) is 10.4 Å². The summed E-state index contributed by atoms with van der Waals surface area (Å²) in [4.78, 5) is 27.9. The molecule has 7 heteroatoms. The number of nitrogens with one attached hydrogen (secondary N) is 1. The minimum atomic E-state index is -0.577. The Morgan fingerprint density at radius 1 is 1.22 bits per heavy atom. The molecule has 0 aliphatic rings. The molecule has 1 heterocycles. The molecule has 2 rings (SSSR count). The molecule has 1 N–H and O–H groups in total. The number of methoxy groups -OCH3 is 1. The molecule has 0 aliphatic heterocycles. The third kappa shape index (κ3) is 4.72. The van der Waals surface area contributed by atoms with Crippen molar-refractivity contribution in [1.82, 2.24) is 4.98 Å². The van der Waals surface area contributed by atoms with E-state index in [2.05, 4.69) is 10.3 Å². The van der Waals surface area contributed by atoms with E-state index >= 15 is 0 Å². The number of nitrogens with zero attached hydrogens (tertiary/aromatic N) is 1. The summed E-state index contributed by atoms with van der Waals surface area (Å²) >= 11 is 1.34. The Labute approximate surface area is 138 Å². The van der Waals surface area contributed by atoms with Gasteiger partial charge in [0.1, 0.15) is 10.8 Å². The minimum absolute atomic E-state index is 0.345. The molecule has 0 saturated carbocycles. The number of rotatable bonds is 6. The number of benzene rings is 1. The molecule has 6 nitrogen and oxygen atoms in total. The van der Waals surface area contributed by atoms with E-state index < -0.39 is 11.9 Å². The van der Waals surface area contributed by atoms with Crippen LogP contribution in [0.25, 0.3) is 0 Å². The second-order valence-corrected chi connectivity index (χ2v) is 5.21. The molecule has 0 unspecified atom stereocenters. The maximum absolute atomic E-state index is 12.0. The minimum Gasteiger partial charge on any atom is -0.497 e. The van der Waals surface area contributed by atoms with Crippen LogP contribution < -0.4 is 10.1 Å². The first-order chi connectivity index (χ1) is 11.1. The van der Waals surface area contributed by atoms with E-state index in [0.717, 1.165) is 0 Å². The number of hydrogen-bond donors (Lipinski definition) is 1. The zero-order chi connectivity index (χ0) is 16.7. The fourth-order valence-electron chi connectivity index (χ4n) is 1.79. The molecule has 1 aromatic heterocycles. The van der Waals surface area contributed by atoms with E-state index in [1.54, 1.807) is 49.7 Å². The zero-order valence-corrected chi connectivity index (χ0v) is 13.6. The summed E-state index contributed by atoms with van der Waals surface area (Å²) < 4.78 is 10.1. The molecule has 0 radical (unpaired) electrons. The summed E-state index contributed by atoms with van der Waals surface area (Å²) in [6, 6.07) is 10.1. The van der Waals surface area contributed by atoms with Crippen molar-refractivity contribution in [1.29, 1.82) is 0 Å². The third-order valence-electron chi connectivity index (χ3n) is 2.89. The highest BCUT2D eigenvalue weighted by Gasteiger charge is 2.14. The quantitative estimate of drug-likeness (QED) is 0.647. The first-order valence-electron chi connectivity index (χ1n) is 6.74. The molecular weight excluding hydrogens is 316 g/mol. The molecule has 0 bridgehead atoms. The van der Waals surface area contributed by atoms with E-state index in [1.807, 2.05) is 6.26 Å². The van der Waals surface area contributed by atoms with Gasteiger partial charge in [-0.1, -0.05) is 0 Å². The molecule has 120 valence electrons. The van der Waals surface area contributed by atoms with Gasteiger partial charge >= 0.3 is 5.97 Å². The highest BCUT2D eigenvalue weighted by Crippen LogP contribution is 2.18. The lowest BCUT2D eigenvalue weighted by atomic mass is 10.3. The number of aromatic nitrogens is 1. The first-order valence-corrected chi connectivity index (χ1v) is 7.96. The Morgan fingerprint density at radius 2 is 1.96 bits per heavy atom.